The Morgan fingerprint density at radius 1 is 0.735 bits per heavy atom. The average molecular weight is 522 g/mol. The lowest BCUT2D eigenvalue weighted by Crippen LogP contribution is -2.43. The fraction of sp³-hybridized carbons (Fsp3) is 0.667. The summed E-state index contributed by atoms with van der Waals surface area (Å²) in [5.74, 6) is -5.88. The number of carboxylic acids is 4. The molecule has 0 saturated carbocycles. The predicted molar refractivity (Wildman–Crippen MR) is 105 cm³/mol. The van der Waals surface area contributed by atoms with Gasteiger partial charge in [0.05, 0.1) is 32.8 Å². The molecule has 198 valence electrons. The largest absolute Gasteiger partial charge is 0.480 e. The quantitative estimate of drug-likeness (QED) is 0.0665. The molecule has 0 heterocycles. The lowest BCUT2D eigenvalue weighted by Gasteiger charge is -2.23. The summed E-state index contributed by atoms with van der Waals surface area (Å²) in [5.41, 5.74) is 0. The summed E-state index contributed by atoms with van der Waals surface area (Å²) in [6, 6.07) is 0. The highest BCUT2D eigenvalue weighted by Gasteiger charge is 2.23. The Kier molecular flexibility index (Phi) is 17.5. The van der Waals surface area contributed by atoms with Crippen LogP contribution in [0.2, 0.25) is 0 Å². The first-order valence-corrected chi connectivity index (χ1v) is 10.6. The molecule has 0 aromatic rings. The first kappa shape index (κ1) is 33.5. The van der Waals surface area contributed by atoms with E-state index in [0.29, 0.717) is 0 Å². The fourth-order valence-corrected chi connectivity index (χ4v) is 2.53. The van der Waals surface area contributed by atoms with Crippen LogP contribution >= 0.6 is 7.82 Å². The van der Waals surface area contributed by atoms with Crippen LogP contribution in [0.5, 0.6) is 0 Å². The van der Waals surface area contributed by atoms with E-state index in [9.17, 15) is 28.5 Å². The average Bonchev–Trinajstić information content (AvgIpc) is 2.66. The van der Waals surface area contributed by atoms with Crippen LogP contribution < -0.4 is 0 Å². The van der Waals surface area contributed by atoms with E-state index in [1.54, 1.807) is 0 Å². The lowest BCUT2D eigenvalue weighted by atomic mass is 10.4. The minimum atomic E-state index is -4.72. The fourth-order valence-electron chi connectivity index (χ4n) is 2.02. The molecule has 0 bridgehead atoms. The summed E-state index contributed by atoms with van der Waals surface area (Å²) >= 11 is 0. The lowest BCUT2D eigenvalue weighted by molar-refractivity contribution is -0.150. The molecule has 0 radical (unpaired) electrons. The summed E-state index contributed by atoms with van der Waals surface area (Å²) < 4.78 is 18.6. The summed E-state index contributed by atoms with van der Waals surface area (Å²) in [6.07, 6.45) is -1.31. The topological polar surface area (TPSA) is 289 Å². The van der Waals surface area contributed by atoms with Crippen molar-refractivity contribution >= 4 is 37.7 Å². The van der Waals surface area contributed by atoms with Crippen LogP contribution in [0.15, 0.2) is 0 Å². The van der Waals surface area contributed by atoms with Crippen molar-refractivity contribution in [1.82, 2.24) is 9.80 Å². The molecule has 1 unspecified atom stereocenters. The maximum absolute atomic E-state index is 10.6. The number of hydrogen-bond donors (Lipinski definition) is 8. The first-order chi connectivity index (χ1) is 15.6. The highest BCUT2D eigenvalue weighted by Crippen LogP contribution is 2.37. The summed E-state index contributed by atoms with van der Waals surface area (Å²) in [7, 11) is -4.72. The summed E-state index contributed by atoms with van der Waals surface area (Å²) in [6.45, 7) is -4.36. The van der Waals surface area contributed by atoms with Crippen molar-refractivity contribution in [2.45, 2.75) is 6.10 Å². The number of carboxylic acid groups (broad SMARTS) is 4. The number of hydrogen-bond acceptors (Lipinski definition) is 12. The van der Waals surface area contributed by atoms with E-state index < -0.39 is 89.8 Å². The second-order valence-corrected chi connectivity index (χ2v) is 7.43. The Hall–Kier alpha value is -2.70. The van der Waals surface area contributed by atoms with Gasteiger partial charge in [0.1, 0.15) is 19.3 Å². The molecule has 0 amide bonds. The summed E-state index contributed by atoms with van der Waals surface area (Å²) in [5, 5.41) is 51.2. The molecule has 0 aliphatic carbocycles. The van der Waals surface area contributed by atoms with Gasteiger partial charge in [-0.15, -0.1) is 0 Å². The monoisotopic (exact) mass is 522 g/mol. The number of aliphatic hydroxyl groups is 2. The molecule has 19 heteroatoms. The standard InChI is InChI=1S/C10H16N2O8.C5H11O8P/c13-7(14)3-11(4-8(15)16)1-2-12(5-9(17)18)6-10(19)20;6-1-4(13-14(9,10)11)3-12-5(8)2-7/h1-6H2,(H,13,14)(H,15,16)(H,17,18)(H,19,20);4,6-7H,1-3H2,(H2,9,10,11). The van der Waals surface area contributed by atoms with E-state index in [1.807, 2.05) is 0 Å². The molecule has 18 nitrogen and oxygen atoms in total. The van der Waals surface area contributed by atoms with Gasteiger partial charge in [0, 0.05) is 13.1 Å². The SMILES string of the molecule is O=C(CO)OCC(CO)OP(=O)(O)O.O=C(O)CN(CCN(CC(=O)O)CC(=O)O)CC(=O)O. The van der Waals surface area contributed by atoms with Crippen molar-refractivity contribution < 1.29 is 78.2 Å². The zero-order valence-corrected chi connectivity index (χ0v) is 18.5. The number of aliphatic carboxylic acids is 4. The van der Waals surface area contributed by atoms with E-state index >= 15 is 0 Å². The third-order valence-electron chi connectivity index (χ3n) is 3.22. The van der Waals surface area contributed by atoms with Crippen LogP contribution in [0.1, 0.15) is 0 Å². The van der Waals surface area contributed by atoms with Gasteiger partial charge in [-0.3, -0.25) is 33.5 Å². The van der Waals surface area contributed by atoms with Crippen LogP contribution in [-0.4, -0.2) is 145 Å². The van der Waals surface area contributed by atoms with Gasteiger partial charge in [-0.25, -0.2) is 9.36 Å². The third-order valence-corrected chi connectivity index (χ3v) is 3.79. The zero-order chi connectivity index (χ0) is 26.9. The Balaban J connectivity index is 0. The molecule has 1 atom stereocenters. The maximum atomic E-state index is 10.6. The summed E-state index contributed by atoms with van der Waals surface area (Å²) in [4.78, 5) is 71.4. The molecule has 0 saturated heterocycles. The van der Waals surface area contributed by atoms with E-state index in [2.05, 4.69) is 9.26 Å². The zero-order valence-electron chi connectivity index (χ0n) is 17.6. The van der Waals surface area contributed by atoms with E-state index in [0.717, 1.165) is 9.80 Å². The molecule has 0 rings (SSSR count). The van der Waals surface area contributed by atoms with Gasteiger partial charge in [-0.05, 0) is 0 Å². The molecule has 0 spiro atoms. The number of carbonyl (C=O) groups excluding carboxylic acids is 1. The van der Waals surface area contributed by atoms with Crippen molar-refractivity contribution in [1.29, 1.82) is 0 Å². The van der Waals surface area contributed by atoms with Crippen LogP contribution in [-0.2, 0) is 37.8 Å². The van der Waals surface area contributed by atoms with Gasteiger partial charge in [0.15, 0.2) is 0 Å². The predicted octanol–water partition coefficient (Wildman–Crippen LogP) is -4.08. The number of phosphoric ester groups is 1. The number of aliphatic hydroxyl groups excluding tert-OH is 2. The van der Waals surface area contributed by atoms with Crippen molar-refractivity contribution in [2.24, 2.45) is 0 Å². The number of carbonyl (C=O) groups is 5. The minimum absolute atomic E-state index is 0.0703. The smallest absolute Gasteiger partial charge is 0.470 e. The van der Waals surface area contributed by atoms with Crippen LogP contribution in [0.25, 0.3) is 0 Å². The van der Waals surface area contributed by atoms with Gasteiger partial charge in [-0.2, -0.15) is 0 Å². The molecule has 0 aromatic carbocycles. The van der Waals surface area contributed by atoms with Crippen molar-refractivity contribution in [2.75, 3.05) is 59.1 Å². The second kappa shape index (κ2) is 17.7. The number of phosphoric acid groups is 1. The molecule has 0 aromatic heterocycles. The van der Waals surface area contributed by atoms with Crippen LogP contribution in [0.3, 0.4) is 0 Å². The third kappa shape index (κ3) is 22.5. The van der Waals surface area contributed by atoms with Gasteiger partial charge >= 0.3 is 37.7 Å². The molecule has 0 aliphatic heterocycles. The molecule has 0 aliphatic rings. The van der Waals surface area contributed by atoms with Gasteiger partial charge < -0.3 is 45.2 Å². The molecular weight excluding hydrogens is 495 g/mol. The van der Waals surface area contributed by atoms with Gasteiger partial charge in [-0.1, -0.05) is 0 Å². The van der Waals surface area contributed by atoms with Gasteiger partial charge in [0.25, 0.3) is 0 Å². The first-order valence-electron chi connectivity index (χ1n) is 9.02. The Bertz CT molecular complexity index is 657. The highest BCUT2D eigenvalue weighted by molar-refractivity contribution is 7.46. The maximum Gasteiger partial charge on any atom is 0.470 e. The molecular formula is C15H27N2O16P. The minimum Gasteiger partial charge on any atom is -0.480 e. The number of rotatable bonds is 17. The Morgan fingerprint density at radius 2 is 1.09 bits per heavy atom. The molecule has 8 N–H and O–H groups in total. The Morgan fingerprint density at radius 3 is 1.32 bits per heavy atom. The van der Waals surface area contributed by atoms with E-state index in [-0.39, 0.29) is 13.1 Å². The molecule has 34 heavy (non-hydrogen) atoms. The van der Waals surface area contributed by atoms with E-state index in [4.69, 9.17) is 40.4 Å². The van der Waals surface area contributed by atoms with Crippen molar-refractivity contribution in [3.8, 4) is 0 Å². The second-order valence-electron chi connectivity index (χ2n) is 6.24. The number of esters is 1. The molecule has 0 fully saturated rings. The normalized spacial score (nSPS) is 11.9. The van der Waals surface area contributed by atoms with Crippen molar-refractivity contribution in [3.63, 3.8) is 0 Å². The number of nitrogens with zero attached hydrogens (tertiary/aromatic N) is 2. The van der Waals surface area contributed by atoms with E-state index in [1.165, 1.54) is 0 Å². The van der Waals surface area contributed by atoms with Crippen LogP contribution in [0, 0.1) is 0 Å². The number of ether oxygens (including phenoxy) is 1. The van der Waals surface area contributed by atoms with Crippen molar-refractivity contribution in [3.05, 3.63) is 0 Å². The van der Waals surface area contributed by atoms with Gasteiger partial charge in [0.2, 0.25) is 0 Å². The highest BCUT2D eigenvalue weighted by atomic mass is 31.2. The Labute approximate surface area is 191 Å². The van der Waals surface area contributed by atoms with Crippen LogP contribution in [0.4, 0.5) is 0 Å².